The normalized spacial score (nSPS) is 14.2. The third-order valence-electron chi connectivity index (χ3n) is 3.49. The zero-order chi connectivity index (χ0) is 25.6. The number of benzene rings is 1. The van der Waals surface area contributed by atoms with Crippen LogP contribution in [-0.2, 0) is 9.59 Å². The Kier molecular flexibility index (Phi) is 6.76. The monoisotopic (exact) mass is 500 g/mol. The molecule has 0 heterocycles. The van der Waals surface area contributed by atoms with Gasteiger partial charge in [0.15, 0.2) is 0 Å². The van der Waals surface area contributed by atoms with Crippen molar-refractivity contribution in [1.29, 1.82) is 0 Å². The second-order valence-electron chi connectivity index (χ2n) is 5.75. The highest BCUT2D eigenvalue weighted by Gasteiger charge is 2.77. The fourth-order valence-electron chi connectivity index (χ4n) is 1.74. The van der Waals surface area contributed by atoms with Crippen LogP contribution in [0.15, 0.2) is 24.3 Å². The van der Waals surface area contributed by atoms with Gasteiger partial charge in [0.1, 0.15) is 0 Å². The van der Waals surface area contributed by atoms with Gasteiger partial charge in [-0.25, -0.2) is 0 Å². The molecule has 0 aliphatic heterocycles. The van der Waals surface area contributed by atoms with Crippen LogP contribution in [0.3, 0.4) is 0 Å². The second-order valence-corrected chi connectivity index (χ2v) is 5.75. The lowest BCUT2D eigenvalue weighted by Gasteiger charge is -2.28. The number of hydrogen-bond donors (Lipinski definition) is 2. The molecule has 0 unspecified atom stereocenters. The first kappa shape index (κ1) is 27.2. The number of hydrogen-bond acceptors (Lipinski definition) is 2. The van der Waals surface area contributed by atoms with Gasteiger partial charge >= 0.3 is 47.9 Å². The molecule has 0 fully saturated rings. The first-order chi connectivity index (χ1) is 14.0. The van der Waals surface area contributed by atoms with E-state index >= 15 is 0 Å². The molecular weight excluding hydrogens is 494 g/mol. The lowest BCUT2D eigenvalue weighted by Crippen LogP contribution is -2.58. The van der Waals surface area contributed by atoms with Gasteiger partial charge in [0.05, 0.1) is 11.4 Å². The number of rotatable bonds is 6. The van der Waals surface area contributed by atoms with Crippen LogP contribution in [0.25, 0.3) is 0 Å². The van der Waals surface area contributed by atoms with E-state index < -0.39 is 59.2 Å². The number of amides is 2. The Morgan fingerprint density at radius 3 is 1.00 bits per heavy atom. The first-order valence-electron chi connectivity index (χ1n) is 7.38. The summed E-state index contributed by atoms with van der Waals surface area (Å²) >= 11 is 0. The Hall–Kier alpha value is -2.82. The van der Waals surface area contributed by atoms with Crippen LogP contribution in [0, 0.1) is 0 Å². The molecule has 0 aromatic heterocycles. The molecular formula is C14H6F14N2O2. The lowest BCUT2D eigenvalue weighted by atomic mass is 10.1. The minimum Gasteiger partial charge on any atom is -0.319 e. The topological polar surface area (TPSA) is 58.2 Å². The molecule has 0 radical (unpaired) electrons. The van der Waals surface area contributed by atoms with Crippen molar-refractivity contribution in [2.24, 2.45) is 0 Å². The third kappa shape index (κ3) is 4.52. The molecule has 4 nitrogen and oxygen atoms in total. The van der Waals surface area contributed by atoms with Gasteiger partial charge < -0.3 is 10.6 Å². The second kappa shape index (κ2) is 7.95. The minimum absolute atomic E-state index is 0.329. The van der Waals surface area contributed by atoms with Crippen molar-refractivity contribution >= 4 is 23.2 Å². The van der Waals surface area contributed by atoms with E-state index in [1.165, 1.54) is 0 Å². The molecule has 0 atom stereocenters. The molecule has 0 bridgehead atoms. The summed E-state index contributed by atoms with van der Waals surface area (Å²) in [6, 6.07) is 2.06. The predicted octanol–water partition coefficient (Wildman–Crippen LogP) is 5.23. The summed E-state index contributed by atoms with van der Waals surface area (Å²) in [6.45, 7) is 0. The Bertz CT molecular complexity index is 804. The standard InChI is InChI=1S/C14H6F14N2O2/c15-9(16,11(19,20)13(23,24)25)7(31)29-5-3-1-2-4-6(5)30-8(32)10(17,18)12(21,22)14(26,27)28/h1-4H,(H,29,31)(H,30,32). The quantitative estimate of drug-likeness (QED) is 0.526. The van der Waals surface area contributed by atoms with E-state index in [0.29, 0.717) is 34.9 Å². The molecule has 0 aliphatic carbocycles. The van der Waals surface area contributed by atoms with Gasteiger partial charge in [0.25, 0.3) is 0 Å². The summed E-state index contributed by atoms with van der Waals surface area (Å²) in [6.07, 6.45) is -13.9. The Morgan fingerprint density at radius 2 is 0.781 bits per heavy atom. The molecule has 182 valence electrons. The molecule has 1 rings (SSSR count). The van der Waals surface area contributed by atoms with Crippen LogP contribution in [0.2, 0.25) is 0 Å². The van der Waals surface area contributed by atoms with E-state index in [1.807, 2.05) is 0 Å². The number of carbonyl (C=O) groups is 2. The van der Waals surface area contributed by atoms with Crippen molar-refractivity contribution in [3.05, 3.63) is 24.3 Å². The van der Waals surface area contributed by atoms with Crippen LogP contribution < -0.4 is 10.6 Å². The molecule has 2 N–H and O–H groups in total. The molecule has 1 aromatic rings. The summed E-state index contributed by atoms with van der Waals surface area (Å²) in [5.41, 5.74) is -2.84. The number of carbonyl (C=O) groups excluding carboxylic acids is 2. The molecule has 18 heteroatoms. The van der Waals surface area contributed by atoms with Gasteiger partial charge in [-0.2, -0.15) is 61.5 Å². The number of anilines is 2. The van der Waals surface area contributed by atoms with Crippen molar-refractivity contribution < 1.29 is 71.1 Å². The largest absolute Gasteiger partial charge is 0.460 e. The van der Waals surface area contributed by atoms with E-state index in [9.17, 15) is 71.1 Å². The fourth-order valence-corrected chi connectivity index (χ4v) is 1.74. The maximum atomic E-state index is 13.3. The Morgan fingerprint density at radius 1 is 0.531 bits per heavy atom. The van der Waals surface area contributed by atoms with Crippen LogP contribution in [0.1, 0.15) is 0 Å². The van der Waals surface area contributed by atoms with Gasteiger partial charge in [-0.3, -0.25) is 9.59 Å². The molecule has 0 aliphatic rings. The van der Waals surface area contributed by atoms with E-state index in [4.69, 9.17) is 0 Å². The lowest BCUT2D eigenvalue weighted by molar-refractivity contribution is -0.343. The molecule has 0 spiro atoms. The van der Waals surface area contributed by atoms with Crippen molar-refractivity contribution in [1.82, 2.24) is 0 Å². The van der Waals surface area contributed by atoms with Crippen molar-refractivity contribution in [3.8, 4) is 0 Å². The molecule has 0 saturated carbocycles. The number of nitrogens with one attached hydrogen (secondary N) is 2. The Labute approximate surface area is 166 Å². The van der Waals surface area contributed by atoms with Crippen LogP contribution >= 0.6 is 0 Å². The van der Waals surface area contributed by atoms with Crippen molar-refractivity contribution in [2.45, 2.75) is 36.0 Å². The summed E-state index contributed by atoms with van der Waals surface area (Å²) in [5.74, 6) is -33.7. The average molecular weight is 500 g/mol. The summed E-state index contributed by atoms with van der Waals surface area (Å²) < 4.78 is 177. The Balaban J connectivity index is 3.25. The van der Waals surface area contributed by atoms with Crippen molar-refractivity contribution in [3.63, 3.8) is 0 Å². The predicted molar refractivity (Wildman–Crippen MR) is 75.6 cm³/mol. The number of alkyl halides is 14. The zero-order valence-corrected chi connectivity index (χ0v) is 14.4. The molecule has 0 saturated heterocycles. The van der Waals surface area contributed by atoms with E-state index in [2.05, 4.69) is 0 Å². The summed E-state index contributed by atoms with van der Waals surface area (Å²) in [4.78, 5) is 22.6. The van der Waals surface area contributed by atoms with Crippen molar-refractivity contribution in [2.75, 3.05) is 10.6 Å². The maximum absolute atomic E-state index is 13.3. The van der Waals surface area contributed by atoms with Crippen LogP contribution in [0.5, 0.6) is 0 Å². The third-order valence-corrected chi connectivity index (χ3v) is 3.49. The minimum atomic E-state index is -6.94. The van der Waals surface area contributed by atoms with Crippen LogP contribution in [0.4, 0.5) is 72.8 Å². The van der Waals surface area contributed by atoms with Gasteiger partial charge in [0, 0.05) is 0 Å². The summed E-state index contributed by atoms with van der Waals surface area (Å²) in [5, 5.41) is 1.43. The smallest absolute Gasteiger partial charge is 0.319 e. The highest BCUT2D eigenvalue weighted by atomic mass is 19.4. The molecule has 1 aromatic carbocycles. The van der Waals surface area contributed by atoms with E-state index in [0.717, 1.165) is 0 Å². The molecule has 32 heavy (non-hydrogen) atoms. The highest BCUT2D eigenvalue weighted by molar-refractivity contribution is 6.04. The highest BCUT2D eigenvalue weighted by Crippen LogP contribution is 2.48. The average Bonchev–Trinajstić information content (AvgIpc) is 2.60. The van der Waals surface area contributed by atoms with Gasteiger partial charge in [0.2, 0.25) is 0 Å². The fraction of sp³-hybridized carbons (Fsp3) is 0.429. The number of para-hydroxylation sites is 2. The SMILES string of the molecule is O=C(Nc1ccccc1NC(=O)C(F)(F)C(F)(F)C(F)(F)F)C(F)(F)C(F)(F)C(F)(F)F. The van der Waals surface area contributed by atoms with E-state index in [-0.39, 0.29) is 0 Å². The van der Waals surface area contributed by atoms with E-state index in [1.54, 1.807) is 0 Å². The van der Waals surface area contributed by atoms with Gasteiger partial charge in [-0.1, -0.05) is 12.1 Å². The maximum Gasteiger partial charge on any atom is 0.460 e. The number of halogens is 14. The molecule has 2 amide bonds. The zero-order valence-electron chi connectivity index (χ0n) is 14.4. The van der Waals surface area contributed by atoms with Gasteiger partial charge in [-0.15, -0.1) is 0 Å². The van der Waals surface area contributed by atoms with Crippen LogP contribution in [-0.4, -0.2) is 47.9 Å². The van der Waals surface area contributed by atoms with Gasteiger partial charge in [-0.05, 0) is 12.1 Å². The first-order valence-corrected chi connectivity index (χ1v) is 7.38. The summed E-state index contributed by atoms with van der Waals surface area (Å²) in [7, 11) is 0.